The van der Waals surface area contributed by atoms with Gasteiger partial charge in [-0.1, -0.05) is 6.07 Å². The number of benzene rings is 1. The first-order valence-electron chi connectivity index (χ1n) is 5.42. The van der Waals surface area contributed by atoms with Gasteiger partial charge in [-0.15, -0.1) is 0 Å². The molecule has 6 heteroatoms. The maximum Gasteiger partial charge on any atom is 0.354 e. The number of nitrogens with zero attached hydrogens (tertiary/aromatic N) is 1. The van der Waals surface area contributed by atoms with E-state index in [1.165, 1.54) is 18.3 Å². The van der Waals surface area contributed by atoms with Gasteiger partial charge in [0.2, 0.25) is 0 Å². The highest BCUT2D eigenvalue weighted by molar-refractivity contribution is 6.04. The minimum absolute atomic E-state index is 0.0815. The zero-order chi connectivity index (χ0) is 13.8. The molecule has 1 aromatic heterocycles. The van der Waals surface area contributed by atoms with Crippen LogP contribution in [0, 0.1) is 0 Å². The summed E-state index contributed by atoms with van der Waals surface area (Å²) >= 11 is 0. The van der Waals surface area contributed by atoms with Crippen LogP contribution in [-0.4, -0.2) is 22.0 Å². The van der Waals surface area contributed by atoms with Gasteiger partial charge in [-0.3, -0.25) is 4.79 Å². The second-order valence-corrected chi connectivity index (χ2v) is 3.82. The second kappa shape index (κ2) is 5.18. The molecule has 96 valence electrons. The third-order valence-electron chi connectivity index (χ3n) is 2.39. The summed E-state index contributed by atoms with van der Waals surface area (Å²) in [5.41, 5.74) is 6.83. The normalized spacial score (nSPS) is 9.89. The number of carboxylic acids is 1. The molecule has 0 saturated carbocycles. The van der Waals surface area contributed by atoms with Crippen LogP contribution in [0.5, 0.6) is 0 Å². The number of aromatic carboxylic acids is 1. The number of carbonyl (C=O) groups is 2. The zero-order valence-electron chi connectivity index (χ0n) is 9.83. The van der Waals surface area contributed by atoms with Crippen LogP contribution in [-0.2, 0) is 0 Å². The zero-order valence-corrected chi connectivity index (χ0v) is 9.83. The van der Waals surface area contributed by atoms with E-state index in [1.54, 1.807) is 24.3 Å². The number of pyridine rings is 1. The predicted molar refractivity (Wildman–Crippen MR) is 70.0 cm³/mol. The summed E-state index contributed by atoms with van der Waals surface area (Å²) in [7, 11) is 0. The minimum atomic E-state index is -1.12. The highest BCUT2D eigenvalue weighted by Gasteiger charge is 2.08. The Morgan fingerprint density at radius 1 is 1.21 bits per heavy atom. The third kappa shape index (κ3) is 3.06. The lowest BCUT2D eigenvalue weighted by Crippen LogP contribution is -2.12. The number of hydrogen-bond acceptors (Lipinski definition) is 4. The van der Waals surface area contributed by atoms with Gasteiger partial charge in [0.25, 0.3) is 5.91 Å². The number of nitrogen functional groups attached to an aromatic ring is 1. The summed E-state index contributed by atoms with van der Waals surface area (Å²) < 4.78 is 0. The molecule has 19 heavy (non-hydrogen) atoms. The van der Waals surface area contributed by atoms with Crippen molar-refractivity contribution in [2.45, 2.75) is 0 Å². The summed E-state index contributed by atoms with van der Waals surface area (Å²) in [6.07, 6.45) is 1.29. The Hall–Kier alpha value is -2.89. The number of nitrogens with one attached hydrogen (secondary N) is 1. The number of rotatable bonds is 3. The summed E-state index contributed by atoms with van der Waals surface area (Å²) in [5.74, 6) is -1.45. The number of aromatic nitrogens is 1. The second-order valence-electron chi connectivity index (χ2n) is 3.82. The summed E-state index contributed by atoms with van der Waals surface area (Å²) in [6, 6.07) is 9.33. The largest absolute Gasteiger partial charge is 0.477 e. The Morgan fingerprint density at radius 2 is 2.00 bits per heavy atom. The highest BCUT2D eigenvalue weighted by atomic mass is 16.4. The van der Waals surface area contributed by atoms with E-state index in [1.807, 2.05) is 0 Å². The van der Waals surface area contributed by atoms with Gasteiger partial charge in [0.1, 0.15) is 5.69 Å². The summed E-state index contributed by atoms with van der Waals surface area (Å²) in [4.78, 5) is 26.2. The topological polar surface area (TPSA) is 105 Å². The van der Waals surface area contributed by atoms with E-state index < -0.39 is 5.97 Å². The molecule has 4 N–H and O–H groups in total. The standard InChI is InChI=1S/C13H11N3O3/c14-9-3-1-2-8(6-9)12(17)16-10-4-5-11(13(18)19)15-7-10/h1-7H,14H2,(H,16,17)(H,18,19). The molecule has 6 nitrogen and oxygen atoms in total. The molecule has 0 aliphatic carbocycles. The van der Waals surface area contributed by atoms with Crippen molar-refractivity contribution >= 4 is 23.3 Å². The molecule has 2 rings (SSSR count). The molecule has 1 heterocycles. The van der Waals surface area contributed by atoms with Gasteiger partial charge in [0.05, 0.1) is 11.9 Å². The van der Waals surface area contributed by atoms with Crippen LogP contribution in [0.3, 0.4) is 0 Å². The SMILES string of the molecule is Nc1cccc(C(=O)Nc2ccc(C(=O)O)nc2)c1. The first-order valence-corrected chi connectivity index (χ1v) is 5.42. The van der Waals surface area contributed by atoms with E-state index in [4.69, 9.17) is 10.8 Å². The monoisotopic (exact) mass is 257 g/mol. The molecule has 1 aromatic carbocycles. The van der Waals surface area contributed by atoms with E-state index in [9.17, 15) is 9.59 Å². The maximum absolute atomic E-state index is 11.9. The van der Waals surface area contributed by atoms with E-state index in [-0.39, 0.29) is 11.6 Å². The molecule has 0 aliphatic rings. The molecule has 0 fully saturated rings. The highest BCUT2D eigenvalue weighted by Crippen LogP contribution is 2.11. The summed E-state index contributed by atoms with van der Waals surface area (Å²) in [6.45, 7) is 0. The Balaban J connectivity index is 2.13. The number of carboxylic acid groups (broad SMARTS) is 1. The van der Waals surface area contributed by atoms with Crippen molar-refractivity contribution < 1.29 is 14.7 Å². The van der Waals surface area contributed by atoms with Gasteiger partial charge < -0.3 is 16.2 Å². The first kappa shape index (κ1) is 12.6. The average Bonchev–Trinajstić information content (AvgIpc) is 2.39. The van der Waals surface area contributed by atoms with Crippen molar-refractivity contribution in [1.82, 2.24) is 4.98 Å². The van der Waals surface area contributed by atoms with Crippen molar-refractivity contribution in [2.24, 2.45) is 0 Å². The van der Waals surface area contributed by atoms with Gasteiger partial charge >= 0.3 is 5.97 Å². The van der Waals surface area contributed by atoms with Crippen molar-refractivity contribution in [1.29, 1.82) is 0 Å². The minimum Gasteiger partial charge on any atom is -0.477 e. The molecule has 0 aliphatic heterocycles. The Kier molecular flexibility index (Phi) is 3.42. The van der Waals surface area contributed by atoms with Crippen molar-refractivity contribution in [3.8, 4) is 0 Å². The molecule has 0 radical (unpaired) electrons. The third-order valence-corrected chi connectivity index (χ3v) is 2.39. The number of amides is 1. The van der Waals surface area contributed by atoms with Crippen molar-refractivity contribution in [3.63, 3.8) is 0 Å². The predicted octanol–water partition coefficient (Wildman–Crippen LogP) is 1.61. The van der Waals surface area contributed by atoms with E-state index in [2.05, 4.69) is 10.3 Å². The molecule has 2 aromatic rings. The smallest absolute Gasteiger partial charge is 0.354 e. The molecule has 1 amide bonds. The Labute approximate surface area is 108 Å². The number of nitrogens with two attached hydrogens (primary N) is 1. The fraction of sp³-hybridized carbons (Fsp3) is 0. The quantitative estimate of drug-likeness (QED) is 0.724. The first-order chi connectivity index (χ1) is 9.06. The van der Waals surface area contributed by atoms with Gasteiger partial charge in [0, 0.05) is 11.3 Å². The molecule has 0 atom stereocenters. The van der Waals surface area contributed by atoms with Crippen LogP contribution in [0.15, 0.2) is 42.6 Å². The fourth-order valence-corrected chi connectivity index (χ4v) is 1.48. The average molecular weight is 257 g/mol. The van der Waals surface area contributed by atoms with Crippen LogP contribution < -0.4 is 11.1 Å². The van der Waals surface area contributed by atoms with Crippen LogP contribution in [0.25, 0.3) is 0 Å². The molecular formula is C13H11N3O3. The van der Waals surface area contributed by atoms with Gasteiger partial charge in [-0.05, 0) is 30.3 Å². The van der Waals surface area contributed by atoms with Crippen molar-refractivity contribution in [3.05, 3.63) is 53.9 Å². The molecular weight excluding hydrogens is 246 g/mol. The van der Waals surface area contributed by atoms with Crippen LogP contribution >= 0.6 is 0 Å². The van der Waals surface area contributed by atoms with E-state index >= 15 is 0 Å². The number of carbonyl (C=O) groups excluding carboxylic acids is 1. The summed E-state index contributed by atoms with van der Waals surface area (Å²) in [5, 5.41) is 11.3. The maximum atomic E-state index is 11.9. The lowest BCUT2D eigenvalue weighted by molar-refractivity contribution is 0.0690. The Bertz CT molecular complexity index is 623. The van der Waals surface area contributed by atoms with Crippen LogP contribution in [0.2, 0.25) is 0 Å². The number of anilines is 2. The van der Waals surface area contributed by atoms with Crippen LogP contribution in [0.4, 0.5) is 11.4 Å². The van der Waals surface area contributed by atoms with E-state index in [0.717, 1.165) is 0 Å². The van der Waals surface area contributed by atoms with E-state index in [0.29, 0.717) is 16.9 Å². The van der Waals surface area contributed by atoms with Gasteiger partial charge in [0.15, 0.2) is 0 Å². The molecule has 0 spiro atoms. The van der Waals surface area contributed by atoms with Gasteiger partial charge in [-0.2, -0.15) is 0 Å². The molecule has 0 saturated heterocycles. The van der Waals surface area contributed by atoms with Crippen LogP contribution in [0.1, 0.15) is 20.8 Å². The molecule has 0 bridgehead atoms. The molecule has 0 unspecified atom stereocenters. The number of hydrogen-bond donors (Lipinski definition) is 3. The fourth-order valence-electron chi connectivity index (χ4n) is 1.48. The lowest BCUT2D eigenvalue weighted by atomic mass is 10.2. The van der Waals surface area contributed by atoms with Gasteiger partial charge in [-0.25, -0.2) is 9.78 Å². The Morgan fingerprint density at radius 3 is 2.58 bits per heavy atom. The lowest BCUT2D eigenvalue weighted by Gasteiger charge is -2.05. The van der Waals surface area contributed by atoms with Crippen molar-refractivity contribution in [2.75, 3.05) is 11.1 Å².